The molecule has 0 saturated carbocycles. The van der Waals surface area contributed by atoms with Crippen LogP contribution in [0.2, 0.25) is 0 Å². The molecular formula is C8H17NO. The summed E-state index contributed by atoms with van der Waals surface area (Å²) >= 11 is 0. The summed E-state index contributed by atoms with van der Waals surface area (Å²) in [7, 11) is 3.93. The predicted molar refractivity (Wildman–Crippen MR) is 40.7 cm³/mol. The highest BCUT2D eigenvalue weighted by molar-refractivity contribution is 4.60. The van der Waals surface area contributed by atoms with E-state index < -0.39 is 0 Å². The Balaban J connectivity index is 2.06. The summed E-state index contributed by atoms with van der Waals surface area (Å²) < 4.78 is 5.56. The Morgan fingerprint density at radius 3 is 3.00 bits per heavy atom. The van der Waals surface area contributed by atoms with Crippen molar-refractivity contribution in [3.63, 3.8) is 0 Å². The summed E-state index contributed by atoms with van der Waals surface area (Å²) in [5, 5.41) is 0. The minimum Gasteiger partial charge on any atom is -0.466 e. The second-order valence-corrected chi connectivity index (χ2v) is 2.99. The molecule has 1 unspecified atom stereocenters. The molecule has 1 heterocycles. The van der Waals surface area contributed by atoms with Crippen LogP contribution in [-0.4, -0.2) is 25.8 Å². The molecule has 0 aliphatic carbocycles. The molecule has 1 aliphatic rings. The van der Waals surface area contributed by atoms with E-state index in [4.69, 9.17) is 4.74 Å². The maximum absolute atomic E-state index is 5.56. The van der Waals surface area contributed by atoms with Gasteiger partial charge in [0.2, 0.25) is 0 Å². The molecular weight excluding hydrogens is 126 g/mol. The Morgan fingerprint density at radius 2 is 2.50 bits per heavy atom. The van der Waals surface area contributed by atoms with Crippen LogP contribution in [0.25, 0.3) is 0 Å². The minimum atomic E-state index is 0.493. The molecule has 0 bridgehead atoms. The number of likely N-dealkylation sites (tertiary alicyclic amines) is 1. The van der Waals surface area contributed by atoms with Crippen molar-refractivity contribution in [2.45, 2.75) is 25.9 Å². The van der Waals surface area contributed by atoms with E-state index >= 15 is 0 Å². The van der Waals surface area contributed by atoms with Gasteiger partial charge in [0.1, 0.15) is 6.10 Å². The van der Waals surface area contributed by atoms with Gasteiger partial charge >= 0.3 is 0 Å². The van der Waals surface area contributed by atoms with Crippen LogP contribution in [0.5, 0.6) is 0 Å². The fourth-order valence-corrected chi connectivity index (χ4v) is 1.32. The number of hydrogen-bond acceptors (Lipinski definition) is 1. The Kier molecular flexibility index (Phi) is 3.16. The van der Waals surface area contributed by atoms with E-state index in [1.54, 1.807) is 0 Å². The third-order valence-corrected chi connectivity index (χ3v) is 1.89. The first-order valence-corrected chi connectivity index (χ1v) is 4.11. The average Bonchev–Trinajstić information content (AvgIpc) is 2.31. The molecule has 2 nitrogen and oxygen atoms in total. The quantitative estimate of drug-likeness (QED) is 0.543. The third kappa shape index (κ3) is 2.27. The van der Waals surface area contributed by atoms with E-state index in [1.165, 1.54) is 17.9 Å². The van der Waals surface area contributed by atoms with Crippen molar-refractivity contribution in [1.29, 1.82) is 0 Å². The van der Waals surface area contributed by atoms with Gasteiger partial charge in [-0.3, -0.25) is 0 Å². The lowest BCUT2D eigenvalue weighted by atomic mass is 10.3. The van der Waals surface area contributed by atoms with Gasteiger partial charge in [-0.2, -0.15) is 7.05 Å². The Morgan fingerprint density at radius 1 is 1.70 bits per heavy atom. The SMILES string of the molecule is [CH2-][NH+]1CC[C@@H](OCCC)C1. The summed E-state index contributed by atoms with van der Waals surface area (Å²) in [6, 6.07) is 0. The first-order chi connectivity index (χ1) is 4.83. The first kappa shape index (κ1) is 8.02. The van der Waals surface area contributed by atoms with Gasteiger partial charge in [0.05, 0.1) is 13.1 Å². The number of rotatable bonds is 3. The largest absolute Gasteiger partial charge is 0.466 e. The highest BCUT2D eigenvalue weighted by Gasteiger charge is 2.19. The minimum absolute atomic E-state index is 0.493. The van der Waals surface area contributed by atoms with Crippen molar-refractivity contribution in [1.82, 2.24) is 0 Å². The standard InChI is InChI=1S/C8H17NO/c1-3-6-10-8-4-5-9(2)7-8/h8-9H,2-7H2,1H3/t8-/m1/s1. The summed E-state index contributed by atoms with van der Waals surface area (Å²) in [6.45, 7) is 5.33. The zero-order valence-corrected chi connectivity index (χ0v) is 6.73. The second-order valence-electron chi connectivity index (χ2n) is 2.99. The maximum atomic E-state index is 5.56. The zero-order chi connectivity index (χ0) is 7.40. The van der Waals surface area contributed by atoms with E-state index in [0.29, 0.717) is 6.10 Å². The van der Waals surface area contributed by atoms with Gasteiger partial charge < -0.3 is 9.64 Å². The van der Waals surface area contributed by atoms with Crippen LogP contribution in [0.4, 0.5) is 0 Å². The third-order valence-electron chi connectivity index (χ3n) is 1.89. The summed E-state index contributed by atoms with van der Waals surface area (Å²) in [5.41, 5.74) is 0. The van der Waals surface area contributed by atoms with Crippen LogP contribution in [-0.2, 0) is 4.74 Å². The molecule has 10 heavy (non-hydrogen) atoms. The fourth-order valence-electron chi connectivity index (χ4n) is 1.32. The molecule has 2 heteroatoms. The lowest BCUT2D eigenvalue weighted by molar-refractivity contribution is -0.841. The highest BCUT2D eigenvalue weighted by atomic mass is 16.5. The van der Waals surface area contributed by atoms with Crippen LogP contribution < -0.4 is 4.90 Å². The van der Waals surface area contributed by atoms with E-state index in [9.17, 15) is 0 Å². The van der Waals surface area contributed by atoms with Crippen molar-refractivity contribution in [2.75, 3.05) is 19.7 Å². The molecule has 2 atom stereocenters. The van der Waals surface area contributed by atoms with Crippen LogP contribution >= 0.6 is 0 Å². The van der Waals surface area contributed by atoms with Gasteiger partial charge in [-0.05, 0) is 6.42 Å². The lowest BCUT2D eigenvalue weighted by Crippen LogP contribution is -3.05. The van der Waals surface area contributed by atoms with E-state index in [1.807, 2.05) is 0 Å². The number of hydrogen-bond donors (Lipinski definition) is 1. The molecule has 0 amide bonds. The van der Waals surface area contributed by atoms with Crippen molar-refractivity contribution in [3.8, 4) is 0 Å². The second kappa shape index (κ2) is 3.94. The van der Waals surface area contributed by atoms with E-state index in [2.05, 4.69) is 14.0 Å². The average molecular weight is 143 g/mol. The normalized spacial score (nSPS) is 33.0. The molecule has 0 aromatic rings. The van der Waals surface area contributed by atoms with Crippen molar-refractivity contribution in [2.24, 2.45) is 0 Å². The molecule has 1 saturated heterocycles. The molecule has 1 rings (SSSR count). The van der Waals surface area contributed by atoms with Gasteiger partial charge in [0.25, 0.3) is 0 Å². The van der Waals surface area contributed by atoms with Gasteiger partial charge in [0.15, 0.2) is 0 Å². The molecule has 0 spiro atoms. The van der Waals surface area contributed by atoms with E-state index in [0.717, 1.165) is 19.6 Å². The van der Waals surface area contributed by atoms with E-state index in [-0.39, 0.29) is 0 Å². The molecule has 1 fully saturated rings. The summed E-state index contributed by atoms with van der Waals surface area (Å²) in [5.74, 6) is 0. The number of quaternary nitrogens is 1. The van der Waals surface area contributed by atoms with Crippen LogP contribution in [0.15, 0.2) is 0 Å². The van der Waals surface area contributed by atoms with Crippen LogP contribution in [0, 0.1) is 7.05 Å². The fraction of sp³-hybridized carbons (Fsp3) is 0.875. The van der Waals surface area contributed by atoms with Crippen molar-refractivity contribution in [3.05, 3.63) is 7.05 Å². The Bertz CT molecular complexity index is 95.3. The topological polar surface area (TPSA) is 13.7 Å². The Hall–Kier alpha value is -0.0800. The van der Waals surface area contributed by atoms with Gasteiger partial charge in [-0.25, -0.2) is 0 Å². The Labute approximate surface area is 63.2 Å². The molecule has 0 aromatic carbocycles. The van der Waals surface area contributed by atoms with Crippen LogP contribution in [0.1, 0.15) is 19.8 Å². The highest BCUT2D eigenvalue weighted by Crippen LogP contribution is 1.99. The summed E-state index contributed by atoms with van der Waals surface area (Å²) in [6.07, 6.45) is 2.81. The number of ether oxygens (including phenoxy) is 1. The van der Waals surface area contributed by atoms with Crippen LogP contribution in [0.3, 0.4) is 0 Å². The maximum Gasteiger partial charge on any atom is 0.109 e. The van der Waals surface area contributed by atoms with Gasteiger partial charge in [0, 0.05) is 13.0 Å². The zero-order valence-electron chi connectivity index (χ0n) is 6.73. The lowest BCUT2D eigenvalue weighted by Gasteiger charge is -2.12. The predicted octanol–water partition coefficient (Wildman–Crippen LogP) is -0.138. The van der Waals surface area contributed by atoms with Gasteiger partial charge in [-0.1, -0.05) is 6.92 Å². The summed E-state index contributed by atoms with van der Waals surface area (Å²) in [4.78, 5) is 1.36. The van der Waals surface area contributed by atoms with Gasteiger partial charge in [-0.15, -0.1) is 0 Å². The molecule has 60 valence electrons. The number of nitrogens with one attached hydrogen (secondary N) is 1. The molecule has 1 aliphatic heterocycles. The van der Waals surface area contributed by atoms with Crippen molar-refractivity contribution < 1.29 is 9.64 Å². The monoisotopic (exact) mass is 143 g/mol. The first-order valence-electron chi connectivity index (χ1n) is 4.11. The molecule has 0 radical (unpaired) electrons. The smallest absolute Gasteiger partial charge is 0.109 e. The molecule has 0 aromatic heterocycles. The van der Waals surface area contributed by atoms with Crippen molar-refractivity contribution >= 4 is 0 Å². The molecule has 1 N–H and O–H groups in total.